The summed E-state index contributed by atoms with van der Waals surface area (Å²) in [4.78, 5) is 21.0. The van der Waals surface area contributed by atoms with Gasteiger partial charge in [0.2, 0.25) is 17.6 Å². The first kappa shape index (κ1) is 20.3. The topological polar surface area (TPSA) is 108 Å². The Hall–Kier alpha value is -4.01. The number of aryl methyl sites for hydroxylation is 1. The summed E-state index contributed by atoms with van der Waals surface area (Å²) in [7, 11) is 0. The Labute approximate surface area is 179 Å². The lowest BCUT2D eigenvalue weighted by molar-refractivity contribution is -0.121. The van der Waals surface area contributed by atoms with E-state index >= 15 is 0 Å². The van der Waals surface area contributed by atoms with Crippen LogP contribution < -0.4 is 10.1 Å². The predicted molar refractivity (Wildman–Crippen MR) is 112 cm³/mol. The first-order valence-electron chi connectivity index (χ1n) is 9.99. The van der Waals surface area contributed by atoms with Crippen LogP contribution in [0.1, 0.15) is 24.8 Å². The van der Waals surface area contributed by atoms with Crippen molar-refractivity contribution in [2.75, 3.05) is 6.61 Å². The van der Waals surface area contributed by atoms with Gasteiger partial charge in [-0.3, -0.25) is 4.79 Å². The standard InChI is InChI=1S/C22H22N6O3/c1-2-30-18-8-6-16(7-9-18)21-26-20(31-27-21)11-10-19(29)24-15-17-5-3-12-23-22(17)28-14-4-13-25-28/h3-9,12-14H,2,10-11,15H2,1H3,(H,24,29). The molecule has 0 aliphatic rings. The average Bonchev–Trinajstić information content (AvgIpc) is 3.50. The molecule has 1 amide bonds. The molecule has 158 valence electrons. The molecule has 0 unspecified atom stereocenters. The molecule has 0 saturated carbocycles. The zero-order valence-corrected chi connectivity index (χ0v) is 17.1. The van der Waals surface area contributed by atoms with Gasteiger partial charge in [0, 0.05) is 49.1 Å². The number of aromatic nitrogens is 5. The third-order valence-corrected chi connectivity index (χ3v) is 4.52. The molecule has 31 heavy (non-hydrogen) atoms. The van der Waals surface area contributed by atoms with Crippen molar-refractivity contribution in [1.29, 1.82) is 0 Å². The molecule has 9 nitrogen and oxygen atoms in total. The monoisotopic (exact) mass is 418 g/mol. The number of nitrogens with one attached hydrogen (secondary N) is 1. The summed E-state index contributed by atoms with van der Waals surface area (Å²) in [6.07, 6.45) is 5.78. The van der Waals surface area contributed by atoms with E-state index in [2.05, 4.69) is 25.5 Å². The molecular formula is C22H22N6O3. The van der Waals surface area contributed by atoms with Crippen molar-refractivity contribution in [2.24, 2.45) is 0 Å². The molecule has 0 aliphatic carbocycles. The van der Waals surface area contributed by atoms with Crippen LogP contribution in [0.2, 0.25) is 0 Å². The Kier molecular flexibility index (Phi) is 6.32. The fourth-order valence-electron chi connectivity index (χ4n) is 3.01. The van der Waals surface area contributed by atoms with Gasteiger partial charge < -0.3 is 14.6 Å². The number of carbonyl (C=O) groups is 1. The first-order chi connectivity index (χ1) is 15.2. The van der Waals surface area contributed by atoms with Gasteiger partial charge in [0.05, 0.1) is 6.61 Å². The van der Waals surface area contributed by atoms with Crippen molar-refractivity contribution < 1.29 is 14.1 Å². The maximum Gasteiger partial charge on any atom is 0.227 e. The molecule has 1 N–H and O–H groups in total. The van der Waals surface area contributed by atoms with Crippen molar-refractivity contribution in [3.8, 4) is 23.0 Å². The van der Waals surface area contributed by atoms with Crippen LogP contribution in [0.4, 0.5) is 0 Å². The number of carbonyl (C=O) groups excluding carboxylic acids is 1. The summed E-state index contributed by atoms with van der Waals surface area (Å²) < 4.78 is 12.4. The Bertz CT molecular complexity index is 1120. The number of rotatable bonds is 9. The van der Waals surface area contributed by atoms with Crippen LogP contribution >= 0.6 is 0 Å². The highest BCUT2D eigenvalue weighted by Gasteiger charge is 2.12. The van der Waals surface area contributed by atoms with E-state index in [-0.39, 0.29) is 12.3 Å². The van der Waals surface area contributed by atoms with Gasteiger partial charge in [-0.1, -0.05) is 11.2 Å². The van der Waals surface area contributed by atoms with Crippen LogP contribution in [-0.2, 0) is 17.8 Å². The lowest BCUT2D eigenvalue weighted by Gasteiger charge is -2.09. The molecule has 0 bridgehead atoms. The highest BCUT2D eigenvalue weighted by atomic mass is 16.5. The minimum Gasteiger partial charge on any atom is -0.494 e. The Balaban J connectivity index is 1.30. The molecule has 0 spiro atoms. The van der Waals surface area contributed by atoms with E-state index in [1.807, 2.05) is 55.6 Å². The molecule has 9 heteroatoms. The number of pyridine rings is 1. The van der Waals surface area contributed by atoms with Crippen molar-refractivity contribution in [3.05, 3.63) is 72.5 Å². The summed E-state index contributed by atoms with van der Waals surface area (Å²) in [5.74, 6) is 2.26. The fraction of sp³-hybridized carbons (Fsp3) is 0.227. The molecule has 4 rings (SSSR count). The van der Waals surface area contributed by atoms with E-state index in [4.69, 9.17) is 9.26 Å². The summed E-state index contributed by atoms with van der Waals surface area (Å²) in [5, 5.41) is 11.1. The van der Waals surface area contributed by atoms with E-state index in [0.717, 1.165) is 16.9 Å². The van der Waals surface area contributed by atoms with Gasteiger partial charge in [0.1, 0.15) is 5.75 Å². The third kappa shape index (κ3) is 5.13. The summed E-state index contributed by atoms with van der Waals surface area (Å²) in [6, 6.07) is 13.0. The maximum atomic E-state index is 12.3. The second-order valence-corrected chi connectivity index (χ2v) is 6.68. The number of hydrogen-bond acceptors (Lipinski definition) is 7. The fourth-order valence-corrected chi connectivity index (χ4v) is 3.01. The van der Waals surface area contributed by atoms with Gasteiger partial charge in [-0.05, 0) is 43.3 Å². The van der Waals surface area contributed by atoms with Crippen molar-refractivity contribution in [2.45, 2.75) is 26.3 Å². The maximum absolute atomic E-state index is 12.3. The molecule has 0 aliphatic heterocycles. The molecule has 3 heterocycles. The van der Waals surface area contributed by atoms with Crippen LogP contribution in [0.25, 0.3) is 17.2 Å². The minimum absolute atomic E-state index is 0.115. The second-order valence-electron chi connectivity index (χ2n) is 6.68. The van der Waals surface area contributed by atoms with Gasteiger partial charge in [0.15, 0.2) is 5.82 Å². The molecular weight excluding hydrogens is 396 g/mol. The van der Waals surface area contributed by atoms with Gasteiger partial charge >= 0.3 is 0 Å². The third-order valence-electron chi connectivity index (χ3n) is 4.52. The van der Waals surface area contributed by atoms with Crippen LogP contribution in [0.3, 0.4) is 0 Å². The molecule has 0 fully saturated rings. The van der Waals surface area contributed by atoms with E-state index in [9.17, 15) is 4.79 Å². The summed E-state index contributed by atoms with van der Waals surface area (Å²) >= 11 is 0. The molecule has 0 saturated heterocycles. The Morgan fingerprint density at radius 2 is 2.03 bits per heavy atom. The second kappa shape index (κ2) is 9.66. The minimum atomic E-state index is -0.115. The van der Waals surface area contributed by atoms with Crippen molar-refractivity contribution in [3.63, 3.8) is 0 Å². The number of benzene rings is 1. The molecule has 1 aromatic carbocycles. The number of nitrogens with zero attached hydrogens (tertiary/aromatic N) is 5. The normalized spacial score (nSPS) is 10.7. The smallest absolute Gasteiger partial charge is 0.227 e. The lowest BCUT2D eigenvalue weighted by Crippen LogP contribution is -2.24. The Morgan fingerprint density at radius 1 is 1.16 bits per heavy atom. The average molecular weight is 418 g/mol. The van der Waals surface area contributed by atoms with Crippen LogP contribution in [0.5, 0.6) is 5.75 Å². The van der Waals surface area contributed by atoms with E-state index in [1.54, 1.807) is 17.1 Å². The zero-order valence-electron chi connectivity index (χ0n) is 17.1. The molecule has 3 aromatic heterocycles. The largest absolute Gasteiger partial charge is 0.494 e. The molecule has 0 radical (unpaired) electrons. The summed E-state index contributed by atoms with van der Waals surface area (Å²) in [6.45, 7) is 2.90. The van der Waals surface area contributed by atoms with Gasteiger partial charge in [-0.25, -0.2) is 9.67 Å². The van der Waals surface area contributed by atoms with Crippen molar-refractivity contribution >= 4 is 5.91 Å². The highest BCUT2D eigenvalue weighted by Crippen LogP contribution is 2.20. The SMILES string of the molecule is CCOc1ccc(-c2noc(CCC(=O)NCc3cccnc3-n3cccn3)n2)cc1. The van der Waals surface area contributed by atoms with E-state index in [0.29, 0.717) is 37.1 Å². The van der Waals surface area contributed by atoms with Crippen LogP contribution in [0, 0.1) is 0 Å². The summed E-state index contributed by atoms with van der Waals surface area (Å²) in [5.41, 5.74) is 1.70. The number of amides is 1. The predicted octanol–water partition coefficient (Wildman–Crippen LogP) is 2.97. The van der Waals surface area contributed by atoms with Gasteiger partial charge in [0.25, 0.3) is 0 Å². The first-order valence-corrected chi connectivity index (χ1v) is 9.99. The lowest BCUT2D eigenvalue weighted by atomic mass is 10.2. The van der Waals surface area contributed by atoms with Crippen LogP contribution in [-0.4, -0.2) is 37.4 Å². The van der Waals surface area contributed by atoms with Crippen LogP contribution in [0.15, 0.2) is 65.6 Å². The van der Waals surface area contributed by atoms with Gasteiger partial charge in [-0.15, -0.1) is 0 Å². The Morgan fingerprint density at radius 3 is 2.81 bits per heavy atom. The quantitative estimate of drug-likeness (QED) is 0.445. The van der Waals surface area contributed by atoms with Gasteiger partial charge in [-0.2, -0.15) is 10.1 Å². The number of hydrogen-bond donors (Lipinski definition) is 1. The highest BCUT2D eigenvalue weighted by molar-refractivity contribution is 5.76. The molecule has 4 aromatic rings. The van der Waals surface area contributed by atoms with Crippen molar-refractivity contribution in [1.82, 2.24) is 30.2 Å². The van der Waals surface area contributed by atoms with E-state index in [1.165, 1.54) is 0 Å². The number of ether oxygens (including phenoxy) is 1. The molecule has 0 atom stereocenters. The zero-order chi connectivity index (χ0) is 21.5. The van der Waals surface area contributed by atoms with E-state index < -0.39 is 0 Å².